The van der Waals surface area contributed by atoms with Crippen molar-refractivity contribution in [1.82, 2.24) is 4.98 Å². The summed E-state index contributed by atoms with van der Waals surface area (Å²) < 4.78 is 0. The minimum atomic E-state index is 1.16. The zero-order chi connectivity index (χ0) is 26.5. The molecular formula is C39H25N. The van der Waals surface area contributed by atoms with E-state index in [-0.39, 0.29) is 0 Å². The third-order valence-electron chi connectivity index (χ3n) is 8.12. The fraction of sp³-hybridized carbons (Fsp3) is 0. The largest absolute Gasteiger partial charge is 0.264 e. The van der Waals surface area contributed by atoms with Crippen LogP contribution in [0.1, 0.15) is 0 Å². The van der Waals surface area contributed by atoms with Gasteiger partial charge in [-0.15, -0.1) is 0 Å². The second-order valence-electron chi connectivity index (χ2n) is 10.4. The Kier molecular flexibility index (Phi) is 5.21. The van der Waals surface area contributed by atoms with Gasteiger partial charge in [-0.2, -0.15) is 0 Å². The summed E-state index contributed by atoms with van der Waals surface area (Å²) >= 11 is 0. The van der Waals surface area contributed by atoms with Gasteiger partial charge in [0.25, 0.3) is 0 Å². The zero-order valence-corrected chi connectivity index (χ0v) is 21.9. The molecule has 0 aliphatic rings. The molecule has 0 unspecified atom stereocenters. The fourth-order valence-electron chi connectivity index (χ4n) is 6.35. The van der Waals surface area contributed by atoms with E-state index in [2.05, 4.69) is 151 Å². The number of fused-ring (bicyclic) bond motifs is 4. The van der Waals surface area contributed by atoms with Crippen molar-refractivity contribution in [3.05, 3.63) is 152 Å². The zero-order valence-electron chi connectivity index (χ0n) is 21.9. The van der Waals surface area contributed by atoms with Crippen LogP contribution in [0.5, 0.6) is 0 Å². The first-order chi connectivity index (χ1) is 19.9. The molecule has 40 heavy (non-hydrogen) atoms. The minimum absolute atomic E-state index is 1.16. The summed E-state index contributed by atoms with van der Waals surface area (Å²) in [7, 11) is 0. The van der Waals surface area contributed by atoms with E-state index < -0.39 is 0 Å². The molecule has 0 saturated heterocycles. The molecule has 7 aromatic carbocycles. The summed E-state index contributed by atoms with van der Waals surface area (Å²) in [6.07, 6.45) is 3.98. The molecular weight excluding hydrogens is 482 g/mol. The first-order valence-corrected chi connectivity index (χ1v) is 13.7. The summed E-state index contributed by atoms with van der Waals surface area (Å²) in [6, 6.07) is 50.4. The topological polar surface area (TPSA) is 12.9 Å². The quantitative estimate of drug-likeness (QED) is 0.217. The van der Waals surface area contributed by atoms with Crippen LogP contribution < -0.4 is 0 Å². The van der Waals surface area contributed by atoms with Gasteiger partial charge in [0.2, 0.25) is 0 Å². The van der Waals surface area contributed by atoms with Gasteiger partial charge in [-0.05, 0) is 89.3 Å². The van der Waals surface area contributed by atoms with Gasteiger partial charge in [-0.3, -0.25) is 4.98 Å². The van der Waals surface area contributed by atoms with Crippen LogP contribution in [-0.4, -0.2) is 4.98 Å². The predicted octanol–water partition coefficient (Wildman–Crippen LogP) is 10.7. The molecule has 8 rings (SSSR count). The number of aromatic nitrogens is 1. The van der Waals surface area contributed by atoms with E-state index in [1.54, 1.807) is 0 Å². The van der Waals surface area contributed by atoms with Gasteiger partial charge < -0.3 is 0 Å². The number of hydrogen-bond acceptors (Lipinski definition) is 1. The lowest BCUT2D eigenvalue weighted by Crippen LogP contribution is -1.94. The van der Waals surface area contributed by atoms with Gasteiger partial charge >= 0.3 is 0 Å². The molecule has 1 heteroatoms. The van der Waals surface area contributed by atoms with Gasteiger partial charge in [-0.1, -0.05) is 121 Å². The van der Waals surface area contributed by atoms with Crippen molar-refractivity contribution in [2.45, 2.75) is 0 Å². The van der Waals surface area contributed by atoms with Crippen LogP contribution in [-0.2, 0) is 0 Å². The molecule has 0 aliphatic heterocycles. The lowest BCUT2D eigenvalue weighted by atomic mass is 9.83. The number of nitrogens with zero attached hydrogens (tertiary/aromatic N) is 1. The lowest BCUT2D eigenvalue weighted by Gasteiger charge is -2.20. The molecule has 0 fully saturated rings. The Bertz CT molecular complexity index is 2150. The first kappa shape index (κ1) is 22.7. The van der Waals surface area contributed by atoms with Crippen LogP contribution in [0.25, 0.3) is 76.5 Å². The summed E-state index contributed by atoms with van der Waals surface area (Å²) in [5.74, 6) is 0. The van der Waals surface area contributed by atoms with E-state index >= 15 is 0 Å². The van der Waals surface area contributed by atoms with Gasteiger partial charge in [0, 0.05) is 17.8 Å². The summed E-state index contributed by atoms with van der Waals surface area (Å²) in [5, 5.41) is 9.84. The summed E-state index contributed by atoms with van der Waals surface area (Å²) in [4.78, 5) is 4.67. The van der Waals surface area contributed by atoms with Crippen LogP contribution in [0.3, 0.4) is 0 Å². The van der Waals surface area contributed by atoms with Crippen molar-refractivity contribution < 1.29 is 0 Å². The molecule has 1 heterocycles. The van der Waals surface area contributed by atoms with E-state index in [0.717, 1.165) is 5.39 Å². The van der Waals surface area contributed by atoms with Crippen LogP contribution in [0.15, 0.2) is 152 Å². The minimum Gasteiger partial charge on any atom is -0.264 e. The smallest absolute Gasteiger partial charge is 0.0353 e. The van der Waals surface area contributed by atoms with Crippen LogP contribution >= 0.6 is 0 Å². The monoisotopic (exact) mass is 507 g/mol. The Morgan fingerprint density at radius 3 is 1.65 bits per heavy atom. The SMILES string of the molecule is c1ccc(-c2cc3ccccc3cc2-c2c3ccccc3c(-c3cccc4ccccc34)c3ccncc23)cc1. The second-order valence-corrected chi connectivity index (χ2v) is 10.4. The molecule has 0 N–H and O–H groups in total. The third kappa shape index (κ3) is 3.52. The number of hydrogen-bond donors (Lipinski definition) is 0. The number of pyridine rings is 1. The fourth-order valence-corrected chi connectivity index (χ4v) is 6.35. The Morgan fingerprint density at radius 1 is 0.350 bits per heavy atom. The molecule has 1 aromatic heterocycles. The van der Waals surface area contributed by atoms with Crippen LogP contribution in [0.2, 0.25) is 0 Å². The number of rotatable bonds is 3. The van der Waals surface area contributed by atoms with Crippen molar-refractivity contribution >= 4 is 43.1 Å². The highest BCUT2D eigenvalue weighted by Crippen LogP contribution is 2.47. The standard InChI is InChI=1S/C39H25N/c1-2-11-27(12-3-1)35-23-28-14-4-5-15-29(28)24-36(35)39-33-19-9-8-18-32(33)38(34-21-22-40-25-37(34)39)31-20-10-16-26-13-6-7-17-30(26)31/h1-25H. The number of benzene rings is 7. The molecule has 1 nitrogen and oxygen atoms in total. The molecule has 0 bridgehead atoms. The molecule has 0 aliphatic carbocycles. The van der Waals surface area contributed by atoms with Crippen LogP contribution in [0.4, 0.5) is 0 Å². The average Bonchev–Trinajstić information content (AvgIpc) is 3.03. The Hall–Kier alpha value is -5.27. The van der Waals surface area contributed by atoms with Crippen molar-refractivity contribution in [2.75, 3.05) is 0 Å². The van der Waals surface area contributed by atoms with Gasteiger partial charge in [0.05, 0.1) is 0 Å². The molecule has 186 valence electrons. The normalized spacial score (nSPS) is 11.5. The highest BCUT2D eigenvalue weighted by atomic mass is 14.6. The highest BCUT2D eigenvalue weighted by Gasteiger charge is 2.20. The maximum atomic E-state index is 4.67. The molecule has 0 amide bonds. The van der Waals surface area contributed by atoms with Crippen LogP contribution in [0, 0.1) is 0 Å². The summed E-state index contributed by atoms with van der Waals surface area (Å²) in [5.41, 5.74) is 7.40. The Labute approximate surface area is 233 Å². The van der Waals surface area contributed by atoms with E-state index in [1.807, 2.05) is 6.20 Å². The van der Waals surface area contributed by atoms with Crippen molar-refractivity contribution in [2.24, 2.45) is 0 Å². The molecule has 0 atom stereocenters. The van der Waals surface area contributed by atoms with Gasteiger partial charge in [-0.25, -0.2) is 0 Å². The van der Waals surface area contributed by atoms with E-state index in [4.69, 9.17) is 0 Å². The maximum absolute atomic E-state index is 4.67. The maximum Gasteiger partial charge on any atom is 0.0353 e. The Balaban J connectivity index is 1.56. The average molecular weight is 508 g/mol. The highest BCUT2D eigenvalue weighted by molar-refractivity contribution is 6.24. The van der Waals surface area contributed by atoms with E-state index in [1.165, 1.54) is 71.1 Å². The third-order valence-corrected chi connectivity index (χ3v) is 8.12. The van der Waals surface area contributed by atoms with Gasteiger partial charge in [0.1, 0.15) is 0 Å². The lowest BCUT2D eigenvalue weighted by molar-refractivity contribution is 1.37. The van der Waals surface area contributed by atoms with Crippen molar-refractivity contribution in [1.29, 1.82) is 0 Å². The van der Waals surface area contributed by atoms with E-state index in [0.29, 0.717) is 0 Å². The van der Waals surface area contributed by atoms with E-state index in [9.17, 15) is 0 Å². The molecule has 0 saturated carbocycles. The molecule has 0 radical (unpaired) electrons. The van der Waals surface area contributed by atoms with Crippen molar-refractivity contribution in [3.63, 3.8) is 0 Å². The molecule has 8 aromatic rings. The Morgan fingerprint density at radius 2 is 0.900 bits per heavy atom. The van der Waals surface area contributed by atoms with Crippen molar-refractivity contribution in [3.8, 4) is 33.4 Å². The molecule has 0 spiro atoms. The second kappa shape index (κ2) is 9.18. The first-order valence-electron chi connectivity index (χ1n) is 13.7. The predicted molar refractivity (Wildman–Crippen MR) is 171 cm³/mol. The summed E-state index contributed by atoms with van der Waals surface area (Å²) in [6.45, 7) is 0. The van der Waals surface area contributed by atoms with Gasteiger partial charge in [0.15, 0.2) is 0 Å².